The van der Waals surface area contributed by atoms with Crippen LogP contribution in [0.5, 0.6) is 0 Å². The maximum absolute atomic E-state index is 13.4. The van der Waals surface area contributed by atoms with Gasteiger partial charge < -0.3 is 9.73 Å². The first-order chi connectivity index (χ1) is 14.1. The Labute approximate surface area is 183 Å². The van der Waals surface area contributed by atoms with E-state index in [4.69, 9.17) is 4.42 Å². The summed E-state index contributed by atoms with van der Waals surface area (Å²) in [5.41, 5.74) is 0.0525. The largest absolute Gasteiger partial charge is 0.464 e. The number of benzene rings is 2. The number of hydrogen-bond acceptors (Lipinski definition) is 4. The molecule has 7 heteroatoms. The minimum atomic E-state index is -1.21. The van der Waals surface area contributed by atoms with E-state index in [1.807, 2.05) is 20.8 Å². The molecule has 1 aromatic heterocycles. The quantitative estimate of drug-likeness (QED) is 0.605. The number of nitrogens with one attached hydrogen (secondary N) is 1. The van der Waals surface area contributed by atoms with Crippen LogP contribution in [-0.4, -0.2) is 17.4 Å². The van der Waals surface area contributed by atoms with Crippen LogP contribution in [0.2, 0.25) is 0 Å². The third kappa shape index (κ3) is 4.46. The summed E-state index contributed by atoms with van der Waals surface area (Å²) in [6.07, 6.45) is 1.27. The summed E-state index contributed by atoms with van der Waals surface area (Å²) in [6, 6.07) is 12.7. The summed E-state index contributed by atoms with van der Waals surface area (Å²) >= 11 is 3.45. The van der Waals surface area contributed by atoms with E-state index in [1.54, 1.807) is 48.5 Å². The first-order valence-electron chi connectivity index (χ1n) is 9.47. The molecule has 0 aliphatic heterocycles. The van der Waals surface area contributed by atoms with Crippen LogP contribution in [0.1, 0.15) is 39.3 Å². The summed E-state index contributed by atoms with van der Waals surface area (Å²) in [5, 5.41) is 3.24. The molecule has 1 unspecified atom stereocenters. The van der Waals surface area contributed by atoms with Crippen molar-refractivity contribution in [3.05, 3.63) is 75.1 Å². The fourth-order valence-corrected chi connectivity index (χ4v) is 3.73. The molecular formula is C23H23BrN2O4. The maximum atomic E-state index is 13.4. The van der Waals surface area contributed by atoms with E-state index in [0.717, 1.165) is 0 Å². The van der Waals surface area contributed by atoms with Crippen molar-refractivity contribution in [3.63, 3.8) is 0 Å². The zero-order valence-corrected chi connectivity index (χ0v) is 18.8. The van der Waals surface area contributed by atoms with Crippen LogP contribution in [0.4, 0.5) is 5.69 Å². The number of hydrogen-bond donors (Lipinski definition) is 1. The Morgan fingerprint density at radius 2 is 1.70 bits per heavy atom. The zero-order chi connectivity index (χ0) is 22.1. The molecule has 0 radical (unpaired) electrons. The molecule has 0 bridgehead atoms. The van der Waals surface area contributed by atoms with Crippen molar-refractivity contribution in [2.24, 2.45) is 0 Å². The van der Waals surface area contributed by atoms with E-state index in [9.17, 15) is 14.4 Å². The van der Waals surface area contributed by atoms with Gasteiger partial charge in [0.1, 0.15) is 17.9 Å². The summed E-state index contributed by atoms with van der Waals surface area (Å²) in [4.78, 5) is 40.7. The lowest BCUT2D eigenvalue weighted by Gasteiger charge is -2.33. The third-order valence-corrected chi connectivity index (χ3v) is 5.13. The van der Waals surface area contributed by atoms with Gasteiger partial charge in [-0.15, -0.1) is 0 Å². The molecule has 0 aliphatic carbocycles. The molecule has 1 N–H and O–H groups in total. The van der Waals surface area contributed by atoms with Crippen LogP contribution in [0.3, 0.4) is 0 Å². The second-order valence-corrected chi connectivity index (χ2v) is 8.85. The van der Waals surface area contributed by atoms with Gasteiger partial charge in [-0.1, -0.05) is 24.3 Å². The Morgan fingerprint density at radius 3 is 2.33 bits per heavy atom. The molecule has 0 aliphatic rings. The van der Waals surface area contributed by atoms with Crippen molar-refractivity contribution in [3.8, 4) is 0 Å². The monoisotopic (exact) mass is 470 g/mol. The van der Waals surface area contributed by atoms with Crippen LogP contribution in [0, 0.1) is 0 Å². The van der Waals surface area contributed by atoms with Gasteiger partial charge in [-0.2, -0.15) is 0 Å². The number of anilines is 1. The van der Waals surface area contributed by atoms with Crippen molar-refractivity contribution in [1.29, 1.82) is 0 Å². The number of fused-ring (bicyclic) bond motifs is 1. The lowest BCUT2D eigenvalue weighted by Crippen LogP contribution is -2.50. The second-order valence-electron chi connectivity index (χ2n) is 8.00. The van der Waals surface area contributed by atoms with E-state index in [2.05, 4.69) is 21.2 Å². The van der Waals surface area contributed by atoms with Gasteiger partial charge in [0.25, 0.3) is 0 Å². The molecule has 0 saturated heterocycles. The highest BCUT2D eigenvalue weighted by Gasteiger charge is 2.36. The predicted octanol–water partition coefficient (Wildman–Crippen LogP) is 4.56. The molecule has 0 fully saturated rings. The molecule has 0 spiro atoms. The van der Waals surface area contributed by atoms with Gasteiger partial charge in [-0.25, -0.2) is 0 Å². The minimum absolute atomic E-state index is 0.0846. The van der Waals surface area contributed by atoms with Gasteiger partial charge in [0.05, 0.1) is 16.6 Å². The molecule has 6 nitrogen and oxygen atoms in total. The van der Waals surface area contributed by atoms with E-state index >= 15 is 0 Å². The molecule has 1 heterocycles. The highest BCUT2D eigenvalue weighted by molar-refractivity contribution is 9.10. The number of para-hydroxylation sites is 2. The molecule has 2 aromatic carbocycles. The molecule has 1 atom stereocenters. The Bertz CT molecular complexity index is 1160. The molecule has 0 saturated carbocycles. The number of carbonyl (C=O) groups is 2. The molecule has 156 valence electrons. The first kappa shape index (κ1) is 21.8. The molecule has 30 heavy (non-hydrogen) atoms. The van der Waals surface area contributed by atoms with Gasteiger partial charge in [0, 0.05) is 16.9 Å². The van der Waals surface area contributed by atoms with E-state index in [-0.39, 0.29) is 16.9 Å². The Kier molecular flexibility index (Phi) is 6.12. The average Bonchev–Trinajstić information content (AvgIpc) is 2.66. The molecular weight excluding hydrogens is 448 g/mol. The second kappa shape index (κ2) is 8.44. The van der Waals surface area contributed by atoms with E-state index in [0.29, 0.717) is 21.1 Å². The van der Waals surface area contributed by atoms with Gasteiger partial charge in [-0.05, 0) is 61.0 Å². The van der Waals surface area contributed by atoms with Gasteiger partial charge in [0.2, 0.25) is 11.8 Å². The molecule has 3 aromatic rings. The van der Waals surface area contributed by atoms with Crippen molar-refractivity contribution < 1.29 is 14.0 Å². The fraction of sp³-hybridized carbons (Fsp3) is 0.261. The third-order valence-electron chi connectivity index (χ3n) is 4.46. The smallest absolute Gasteiger partial charge is 0.248 e. The van der Waals surface area contributed by atoms with Crippen LogP contribution in [-0.2, 0) is 9.59 Å². The van der Waals surface area contributed by atoms with Crippen molar-refractivity contribution in [1.82, 2.24) is 5.32 Å². The van der Waals surface area contributed by atoms with Gasteiger partial charge in [-0.3, -0.25) is 19.3 Å². The maximum Gasteiger partial charge on any atom is 0.248 e. The number of amides is 2. The van der Waals surface area contributed by atoms with Crippen LogP contribution >= 0.6 is 15.9 Å². The van der Waals surface area contributed by atoms with E-state index in [1.165, 1.54) is 18.1 Å². The fourth-order valence-electron chi connectivity index (χ4n) is 3.25. The summed E-state index contributed by atoms with van der Waals surface area (Å²) < 4.78 is 6.28. The first-order valence-corrected chi connectivity index (χ1v) is 10.3. The molecule has 3 rings (SSSR count). The summed E-state index contributed by atoms with van der Waals surface area (Å²) in [7, 11) is 0. The van der Waals surface area contributed by atoms with Crippen molar-refractivity contribution >= 4 is 44.4 Å². The topological polar surface area (TPSA) is 79.6 Å². The van der Waals surface area contributed by atoms with Crippen molar-refractivity contribution in [2.45, 2.75) is 39.3 Å². The van der Waals surface area contributed by atoms with Gasteiger partial charge >= 0.3 is 0 Å². The average molecular weight is 471 g/mol. The number of halogens is 1. The highest BCUT2D eigenvalue weighted by atomic mass is 79.9. The number of nitrogens with zero attached hydrogens (tertiary/aromatic N) is 1. The SMILES string of the molecule is CC(=O)N(c1ccccc1Br)C(C(=O)NC(C)(C)C)c1coc2ccccc2c1=O. The number of rotatable bonds is 4. The Hall–Kier alpha value is -2.93. The Morgan fingerprint density at radius 1 is 1.07 bits per heavy atom. The van der Waals surface area contributed by atoms with Crippen LogP contribution in [0.15, 0.2) is 68.5 Å². The van der Waals surface area contributed by atoms with Crippen LogP contribution in [0.25, 0.3) is 11.0 Å². The summed E-state index contributed by atoms with van der Waals surface area (Å²) in [5.74, 6) is -0.862. The van der Waals surface area contributed by atoms with E-state index < -0.39 is 17.5 Å². The highest BCUT2D eigenvalue weighted by Crippen LogP contribution is 2.33. The minimum Gasteiger partial charge on any atom is -0.464 e. The standard InChI is InChI=1S/C23H23BrN2O4/c1-14(27)26(18-11-7-6-10-17(18)24)20(22(29)25-23(2,3)4)16-13-30-19-12-8-5-9-15(19)21(16)28/h5-13,20H,1-4H3,(H,25,29). The van der Waals surface area contributed by atoms with Crippen LogP contribution < -0.4 is 15.6 Å². The lowest BCUT2D eigenvalue weighted by molar-refractivity contribution is -0.127. The number of carbonyl (C=O) groups excluding carboxylic acids is 2. The Balaban J connectivity index is 2.27. The van der Waals surface area contributed by atoms with Crippen molar-refractivity contribution in [2.75, 3.05) is 4.90 Å². The summed E-state index contributed by atoms with van der Waals surface area (Å²) in [6.45, 7) is 6.86. The normalized spacial score (nSPS) is 12.4. The molecule has 2 amide bonds. The van der Waals surface area contributed by atoms with Gasteiger partial charge in [0.15, 0.2) is 5.43 Å². The zero-order valence-electron chi connectivity index (χ0n) is 17.2. The lowest BCUT2D eigenvalue weighted by atomic mass is 10.0. The predicted molar refractivity (Wildman–Crippen MR) is 120 cm³/mol.